The van der Waals surface area contributed by atoms with Gasteiger partial charge in [0.25, 0.3) is 0 Å². The first-order valence-corrected chi connectivity index (χ1v) is 7.30. The summed E-state index contributed by atoms with van der Waals surface area (Å²) >= 11 is 0. The molecule has 1 atom stereocenters. The van der Waals surface area contributed by atoms with Gasteiger partial charge in [-0.15, -0.1) is 0 Å². The molecule has 2 heterocycles. The quantitative estimate of drug-likeness (QED) is 0.933. The number of aromatic nitrogens is 2. The van der Waals surface area contributed by atoms with E-state index >= 15 is 0 Å². The molecule has 1 aromatic heterocycles. The van der Waals surface area contributed by atoms with Crippen molar-refractivity contribution in [3.63, 3.8) is 0 Å². The van der Waals surface area contributed by atoms with Crippen LogP contribution < -0.4 is 10.1 Å². The highest BCUT2D eigenvalue weighted by atomic mass is 16.5. The van der Waals surface area contributed by atoms with E-state index in [4.69, 9.17) is 9.72 Å². The van der Waals surface area contributed by atoms with Gasteiger partial charge >= 0.3 is 0 Å². The summed E-state index contributed by atoms with van der Waals surface area (Å²) in [5.41, 5.74) is 2.34. The van der Waals surface area contributed by atoms with E-state index in [-0.39, 0.29) is 5.41 Å². The second kappa shape index (κ2) is 4.77. The highest BCUT2D eigenvalue weighted by Crippen LogP contribution is 2.38. The summed E-state index contributed by atoms with van der Waals surface area (Å²) in [4.78, 5) is 4.94. The molecule has 0 saturated carbocycles. The number of ether oxygens (including phenoxy) is 1. The average Bonchev–Trinajstić information content (AvgIpc) is 3.04. The second-order valence-electron chi connectivity index (χ2n) is 6.09. The molecule has 1 N–H and O–H groups in total. The number of fused-ring (bicyclic) bond motifs is 1. The summed E-state index contributed by atoms with van der Waals surface area (Å²) < 4.78 is 7.56. The third-order valence-electron chi connectivity index (χ3n) is 4.83. The molecule has 3 rings (SSSR count). The zero-order valence-electron chi connectivity index (χ0n) is 12.7. The summed E-state index contributed by atoms with van der Waals surface area (Å²) in [5.74, 6) is 2.63. The van der Waals surface area contributed by atoms with Crippen molar-refractivity contribution in [3.8, 4) is 5.75 Å². The van der Waals surface area contributed by atoms with E-state index in [1.54, 1.807) is 7.11 Å². The third-order valence-corrected chi connectivity index (χ3v) is 4.83. The lowest BCUT2D eigenvalue weighted by molar-refractivity contribution is 0.311. The van der Waals surface area contributed by atoms with Crippen LogP contribution in [0.2, 0.25) is 0 Å². The molecule has 4 nitrogen and oxygen atoms in total. The van der Waals surface area contributed by atoms with Gasteiger partial charge in [-0.05, 0) is 31.0 Å². The van der Waals surface area contributed by atoms with Gasteiger partial charge in [-0.3, -0.25) is 0 Å². The summed E-state index contributed by atoms with van der Waals surface area (Å²) in [5, 5.41) is 3.51. The van der Waals surface area contributed by atoms with E-state index in [9.17, 15) is 0 Å². The lowest BCUT2D eigenvalue weighted by atomic mass is 9.75. The number of nitrogens with zero attached hydrogens (tertiary/aromatic N) is 2. The van der Waals surface area contributed by atoms with Crippen LogP contribution in [0.25, 0.3) is 11.0 Å². The van der Waals surface area contributed by atoms with Crippen molar-refractivity contribution in [2.24, 2.45) is 13.0 Å². The van der Waals surface area contributed by atoms with Gasteiger partial charge < -0.3 is 14.6 Å². The van der Waals surface area contributed by atoms with Crippen LogP contribution in [0.1, 0.15) is 26.1 Å². The topological polar surface area (TPSA) is 39.1 Å². The van der Waals surface area contributed by atoms with Crippen molar-refractivity contribution in [1.29, 1.82) is 0 Å². The first kappa shape index (κ1) is 13.4. The minimum absolute atomic E-state index is 0.140. The first-order valence-electron chi connectivity index (χ1n) is 7.30. The molecule has 1 unspecified atom stereocenters. The van der Waals surface area contributed by atoms with E-state index in [2.05, 4.69) is 36.8 Å². The van der Waals surface area contributed by atoms with Crippen LogP contribution >= 0.6 is 0 Å². The molecule has 1 saturated heterocycles. The summed E-state index contributed by atoms with van der Waals surface area (Å²) in [6.45, 7) is 6.68. The maximum Gasteiger partial charge on any atom is 0.121 e. The number of methoxy groups -OCH3 is 1. The third kappa shape index (κ3) is 1.82. The molecule has 0 aliphatic carbocycles. The van der Waals surface area contributed by atoms with Gasteiger partial charge in [0.05, 0.1) is 18.1 Å². The lowest BCUT2D eigenvalue weighted by Crippen LogP contribution is -2.37. The molecule has 1 aliphatic heterocycles. The van der Waals surface area contributed by atoms with Crippen molar-refractivity contribution in [1.82, 2.24) is 14.9 Å². The molecule has 4 heteroatoms. The van der Waals surface area contributed by atoms with Gasteiger partial charge in [0.15, 0.2) is 0 Å². The number of rotatable bonds is 3. The zero-order valence-corrected chi connectivity index (χ0v) is 12.7. The van der Waals surface area contributed by atoms with Crippen molar-refractivity contribution in [3.05, 3.63) is 24.0 Å². The zero-order chi connectivity index (χ0) is 14.3. The predicted molar refractivity (Wildman–Crippen MR) is 81.3 cm³/mol. The Bertz CT molecular complexity index is 624. The number of imidazole rings is 1. The predicted octanol–water partition coefficient (Wildman–Crippen LogP) is 2.47. The Hall–Kier alpha value is -1.55. The lowest BCUT2D eigenvalue weighted by Gasteiger charge is -2.32. The van der Waals surface area contributed by atoms with Crippen LogP contribution in [0.4, 0.5) is 0 Å². The minimum Gasteiger partial charge on any atom is -0.497 e. The Labute approximate surface area is 120 Å². The fraction of sp³-hybridized carbons (Fsp3) is 0.562. The molecule has 0 bridgehead atoms. The number of hydrogen-bond acceptors (Lipinski definition) is 3. The van der Waals surface area contributed by atoms with E-state index in [0.717, 1.165) is 30.8 Å². The summed E-state index contributed by atoms with van der Waals surface area (Å²) in [6.07, 6.45) is 1.15. The monoisotopic (exact) mass is 273 g/mol. The molecular weight excluding hydrogens is 250 g/mol. The van der Waals surface area contributed by atoms with Crippen LogP contribution in [0.15, 0.2) is 18.2 Å². The Morgan fingerprint density at radius 2 is 2.20 bits per heavy atom. The summed E-state index contributed by atoms with van der Waals surface area (Å²) in [6, 6.07) is 6.12. The van der Waals surface area contributed by atoms with E-state index < -0.39 is 0 Å². The molecular formula is C16H23N3O. The molecule has 1 fully saturated rings. The van der Waals surface area contributed by atoms with E-state index in [0.29, 0.717) is 5.92 Å². The fourth-order valence-electron chi connectivity index (χ4n) is 3.41. The molecule has 20 heavy (non-hydrogen) atoms. The first-order chi connectivity index (χ1) is 9.58. The van der Waals surface area contributed by atoms with E-state index in [1.165, 1.54) is 11.3 Å². The molecule has 1 aromatic carbocycles. The maximum absolute atomic E-state index is 5.31. The van der Waals surface area contributed by atoms with Crippen LogP contribution in [0.3, 0.4) is 0 Å². The molecule has 0 amide bonds. The van der Waals surface area contributed by atoms with Crippen LogP contribution in [-0.2, 0) is 12.5 Å². The van der Waals surface area contributed by atoms with Crippen molar-refractivity contribution >= 4 is 11.0 Å². The number of nitrogens with one attached hydrogen (secondary N) is 1. The Morgan fingerprint density at radius 1 is 1.40 bits per heavy atom. The summed E-state index contributed by atoms with van der Waals surface area (Å²) in [7, 11) is 3.82. The molecule has 1 aliphatic rings. The van der Waals surface area contributed by atoms with Crippen molar-refractivity contribution in [2.45, 2.75) is 25.7 Å². The van der Waals surface area contributed by atoms with Gasteiger partial charge in [0, 0.05) is 25.1 Å². The molecule has 0 spiro atoms. The van der Waals surface area contributed by atoms with Gasteiger partial charge in [-0.1, -0.05) is 13.8 Å². The maximum atomic E-state index is 5.31. The van der Waals surface area contributed by atoms with Gasteiger partial charge in [0.2, 0.25) is 0 Å². The Kier molecular flexibility index (Phi) is 3.21. The number of aryl methyl sites for hydroxylation is 1. The normalized spacial score (nSPS) is 22.9. The smallest absolute Gasteiger partial charge is 0.121 e. The van der Waals surface area contributed by atoms with Crippen LogP contribution in [-0.4, -0.2) is 29.8 Å². The molecule has 108 valence electrons. The largest absolute Gasteiger partial charge is 0.497 e. The van der Waals surface area contributed by atoms with Gasteiger partial charge in [0.1, 0.15) is 11.6 Å². The average molecular weight is 273 g/mol. The highest BCUT2D eigenvalue weighted by molar-refractivity contribution is 5.78. The Balaban J connectivity index is 2.18. The second-order valence-corrected chi connectivity index (χ2v) is 6.09. The van der Waals surface area contributed by atoms with Gasteiger partial charge in [-0.25, -0.2) is 4.98 Å². The molecule has 2 aromatic rings. The van der Waals surface area contributed by atoms with E-state index in [1.807, 2.05) is 12.1 Å². The Morgan fingerprint density at radius 3 is 2.80 bits per heavy atom. The fourth-order valence-corrected chi connectivity index (χ4v) is 3.41. The standard InChI is InChI=1S/C16H23N3O/c1-11(2)16(7-8-17-10-16)15-18-13-9-12(20-4)5-6-14(13)19(15)3/h5-6,9,11,17H,7-8,10H2,1-4H3. The minimum atomic E-state index is 0.140. The van der Waals surface area contributed by atoms with Gasteiger partial charge in [-0.2, -0.15) is 0 Å². The van der Waals surface area contributed by atoms with Crippen molar-refractivity contribution < 1.29 is 4.74 Å². The van der Waals surface area contributed by atoms with Crippen molar-refractivity contribution in [2.75, 3.05) is 20.2 Å². The SMILES string of the molecule is COc1ccc2c(c1)nc(C1(C(C)C)CCNC1)n2C. The highest BCUT2D eigenvalue weighted by Gasteiger charge is 2.42. The number of benzene rings is 1. The van der Waals surface area contributed by atoms with Crippen LogP contribution in [0.5, 0.6) is 5.75 Å². The molecule has 0 radical (unpaired) electrons. The van der Waals surface area contributed by atoms with Crippen LogP contribution in [0, 0.1) is 5.92 Å². The number of hydrogen-bond donors (Lipinski definition) is 1.